The van der Waals surface area contributed by atoms with Gasteiger partial charge in [0.2, 0.25) is 17.7 Å². The number of anilines is 1. The number of carbonyl (C=O) groups excluding carboxylic acids is 1. The summed E-state index contributed by atoms with van der Waals surface area (Å²) in [5, 5.41) is 3.11. The van der Waals surface area contributed by atoms with Crippen molar-refractivity contribution < 1.29 is 9.53 Å². The summed E-state index contributed by atoms with van der Waals surface area (Å²) in [4.78, 5) is 28.0. The van der Waals surface area contributed by atoms with Gasteiger partial charge >= 0.3 is 0 Å². The van der Waals surface area contributed by atoms with Gasteiger partial charge in [-0.2, -0.15) is 4.98 Å². The number of para-hydroxylation sites is 2. The van der Waals surface area contributed by atoms with Crippen LogP contribution in [0, 0.1) is 12.8 Å². The maximum atomic E-state index is 12.6. The average Bonchev–Trinajstić information content (AvgIpc) is 3.11. The molecule has 1 fully saturated rings. The number of amides is 1. The van der Waals surface area contributed by atoms with Crippen molar-refractivity contribution >= 4 is 22.9 Å². The number of imidazole rings is 1. The largest absolute Gasteiger partial charge is 0.481 e. The Morgan fingerprint density at radius 2 is 2.00 bits per heavy atom. The molecule has 1 aliphatic rings. The summed E-state index contributed by atoms with van der Waals surface area (Å²) < 4.78 is 7.39. The Hall–Kier alpha value is -3.16. The van der Waals surface area contributed by atoms with Crippen molar-refractivity contribution in [1.29, 1.82) is 0 Å². The molecule has 4 rings (SSSR count). The number of rotatable bonds is 7. The zero-order valence-electron chi connectivity index (χ0n) is 17.5. The molecule has 3 aromatic rings. The van der Waals surface area contributed by atoms with E-state index in [9.17, 15) is 4.79 Å². The van der Waals surface area contributed by atoms with Gasteiger partial charge in [-0.05, 0) is 38.3 Å². The Balaban J connectivity index is 1.23. The SMILES string of the molecule is COc1ccnc(N2CCC(C(=O)NCCCn3c(C)nc4ccccc43)CC2)n1. The molecule has 2 aromatic heterocycles. The smallest absolute Gasteiger partial charge is 0.228 e. The Morgan fingerprint density at radius 1 is 1.20 bits per heavy atom. The number of piperidine rings is 1. The van der Waals surface area contributed by atoms with Gasteiger partial charge in [0.05, 0.1) is 18.1 Å². The highest BCUT2D eigenvalue weighted by atomic mass is 16.5. The number of aryl methyl sites for hydroxylation is 2. The first-order valence-electron chi connectivity index (χ1n) is 10.5. The van der Waals surface area contributed by atoms with Crippen LogP contribution in [0.1, 0.15) is 25.1 Å². The molecule has 1 aliphatic heterocycles. The standard InChI is InChI=1S/C22H28N6O2/c1-16-25-18-6-3-4-7-19(18)28(16)13-5-11-23-21(29)17-9-14-27(15-10-17)22-24-12-8-20(26-22)30-2/h3-4,6-8,12,17H,5,9-11,13-15H2,1-2H3,(H,23,29). The molecule has 0 radical (unpaired) electrons. The summed E-state index contributed by atoms with van der Waals surface area (Å²) in [6.45, 7) is 5.08. The summed E-state index contributed by atoms with van der Waals surface area (Å²) in [7, 11) is 1.60. The van der Waals surface area contributed by atoms with Gasteiger partial charge in [0.15, 0.2) is 0 Å². The maximum absolute atomic E-state index is 12.6. The van der Waals surface area contributed by atoms with Crippen LogP contribution in [-0.2, 0) is 11.3 Å². The lowest BCUT2D eigenvalue weighted by Gasteiger charge is -2.31. The highest BCUT2D eigenvalue weighted by Gasteiger charge is 2.26. The van der Waals surface area contributed by atoms with Crippen molar-refractivity contribution in [1.82, 2.24) is 24.8 Å². The third-order valence-electron chi connectivity index (χ3n) is 5.68. The van der Waals surface area contributed by atoms with Gasteiger partial charge in [0.25, 0.3) is 0 Å². The number of aromatic nitrogens is 4. The second-order valence-electron chi connectivity index (χ2n) is 7.60. The van der Waals surface area contributed by atoms with Crippen molar-refractivity contribution in [2.45, 2.75) is 32.7 Å². The Bertz CT molecular complexity index is 1010. The summed E-state index contributed by atoms with van der Waals surface area (Å²) >= 11 is 0. The molecule has 158 valence electrons. The minimum Gasteiger partial charge on any atom is -0.481 e. The molecular formula is C22H28N6O2. The number of ether oxygens (including phenoxy) is 1. The average molecular weight is 409 g/mol. The van der Waals surface area contributed by atoms with Crippen LogP contribution in [0.5, 0.6) is 5.88 Å². The number of benzene rings is 1. The molecule has 1 N–H and O–H groups in total. The first-order valence-corrected chi connectivity index (χ1v) is 10.5. The van der Waals surface area contributed by atoms with Gasteiger partial charge in [-0.25, -0.2) is 9.97 Å². The second kappa shape index (κ2) is 9.11. The molecule has 0 spiro atoms. The van der Waals surface area contributed by atoms with Crippen LogP contribution in [-0.4, -0.2) is 52.2 Å². The van der Waals surface area contributed by atoms with Crippen LogP contribution in [0.25, 0.3) is 11.0 Å². The van der Waals surface area contributed by atoms with Crippen molar-refractivity contribution in [2.75, 3.05) is 31.6 Å². The molecular weight excluding hydrogens is 380 g/mol. The van der Waals surface area contributed by atoms with E-state index in [1.54, 1.807) is 19.4 Å². The molecule has 0 aliphatic carbocycles. The number of carbonyl (C=O) groups is 1. The van der Waals surface area contributed by atoms with Crippen LogP contribution in [0.15, 0.2) is 36.5 Å². The van der Waals surface area contributed by atoms with Crippen LogP contribution >= 0.6 is 0 Å². The number of fused-ring (bicyclic) bond motifs is 1. The van der Waals surface area contributed by atoms with Crippen LogP contribution in [0.4, 0.5) is 5.95 Å². The molecule has 0 saturated carbocycles. The highest BCUT2D eigenvalue weighted by molar-refractivity contribution is 5.79. The topological polar surface area (TPSA) is 85.2 Å². The predicted molar refractivity (Wildman–Crippen MR) is 116 cm³/mol. The van der Waals surface area contributed by atoms with Crippen LogP contribution < -0.4 is 15.0 Å². The van der Waals surface area contributed by atoms with Gasteiger partial charge in [-0.1, -0.05) is 12.1 Å². The molecule has 8 heteroatoms. The summed E-state index contributed by atoms with van der Waals surface area (Å²) in [5.74, 6) is 2.42. The first kappa shape index (κ1) is 20.1. The Labute approximate surface area is 176 Å². The third-order valence-corrected chi connectivity index (χ3v) is 5.68. The fourth-order valence-electron chi connectivity index (χ4n) is 4.01. The quantitative estimate of drug-likeness (QED) is 0.605. The Kier molecular flexibility index (Phi) is 6.11. The van der Waals surface area contributed by atoms with E-state index in [-0.39, 0.29) is 11.8 Å². The van der Waals surface area contributed by atoms with Gasteiger partial charge in [0, 0.05) is 44.4 Å². The molecule has 0 atom stereocenters. The van der Waals surface area contributed by atoms with E-state index in [2.05, 4.69) is 35.8 Å². The van der Waals surface area contributed by atoms with E-state index in [0.29, 0.717) is 18.4 Å². The lowest BCUT2D eigenvalue weighted by atomic mass is 9.96. The van der Waals surface area contributed by atoms with Gasteiger partial charge < -0.3 is 19.5 Å². The zero-order valence-corrected chi connectivity index (χ0v) is 17.5. The summed E-state index contributed by atoms with van der Waals surface area (Å²) in [6.07, 6.45) is 4.18. The summed E-state index contributed by atoms with van der Waals surface area (Å²) in [6, 6.07) is 9.89. The fraction of sp³-hybridized carbons (Fsp3) is 0.455. The number of hydrogen-bond acceptors (Lipinski definition) is 6. The molecule has 8 nitrogen and oxygen atoms in total. The van der Waals surface area contributed by atoms with Crippen LogP contribution in [0.3, 0.4) is 0 Å². The summed E-state index contributed by atoms with van der Waals surface area (Å²) in [5.41, 5.74) is 2.17. The number of nitrogens with zero attached hydrogens (tertiary/aromatic N) is 5. The van der Waals surface area contributed by atoms with E-state index in [1.165, 1.54) is 0 Å². The molecule has 1 amide bonds. The molecule has 0 unspecified atom stereocenters. The van der Waals surface area contributed by atoms with Crippen LogP contribution in [0.2, 0.25) is 0 Å². The zero-order chi connectivity index (χ0) is 20.9. The van der Waals surface area contributed by atoms with Crippen molar-refractivity contribution in [2.24, 2.45) is 5.92 Å². The number of nitrogens with one attached hydrogen (secondary N) is 1. The number of methoxy groups -OCH3 is 1. The molecule has 1 aromatic carbocycles. The molecule has 1 saturated heterocycles. The molecule has 3 heterocycles. The van der Waals surface area contributed by atoms with E-state index >= 15 is 0 Å². The second-order valence-corrected chi connectivity index (χ2v) is 7.60. The van der Waals surface area contributed by atoms with Gasteiger partial charge in [-0.3, -0.25) is 4.79 Å². The highest BCUT2D eigenvalue weighted by Crippen LogP contribution is 2.22. The predicted octanol–water partition coefficient (Wildman–Crippen LogP) is 2.57. The van der Waals surface area contributed by atoms with E-state index in [0.717, 1.165) is 55.8 Å². The minimum absolute atomic E-state index is 0.0441. The Morgan fingerprint density at radius 3 is 2.80 bits per heavy atom. The third kappa shape index (κ3) is 4.37. The van der Waals surface area contributed by atoms with Crippen molar-refractivity contribution in [3.8, 4) is 5.88 Å². The molecule has 0 bridgehead atoms. The van der Waals surface area contributed by atoms with Crippen molar-refractivity contribution in [3.63, 3.8) is 0 Å². The first-order chi connectivity index (χ1) is 14.7. The van der Waals surface area contributed by atoms with Crippen molar-refractivity contribution in [3.05, 3.63) is 42.4 Å². The minimum atomic E-state index is 0.0441. The van der Waals surface area contributed by atoms with E-state index < -0.39 is 0 Å². The monoisotopic (exact) mass is 408 g/mol. The molecule has 30 heavy (non-hydrogen) atoms. The van der Waals surface area contributed by atoms with Gasteiger partial charge in [0.1, 0.15) is 5.82 Å². The fourth-order valence-corrected chi connectivity index (χ4v) is 4.01. The lowest BCUT2D eigenvalue weighted by molar-refractivity contribution is -0.125. The maximum Gasteiger partial charge on any atom is 0.228 e. The normalized spacial score (nSPS) is 14.8. The van der Waals surface area contributed by atoms with Gasteiger partial charge in [-0.15, -0.1) is 0 Å². The lowest BCUT2D eigenvalue weighted by Crippen LogP contribution is -2.41. The van der Waals surface area contributed by atoms with E-state index in [4.69, 9.17) is 4.74 Å². The van der Waals surface area contributed by atoms with E-state index in [1.807, 2.05) is 25.1 Å². The number of hydrogen-bond donors (Lipinski definition) is 1.